The highest BCUT2D eigenvalue weighted by atomic mass is 16.5. The van der Waals surface area contributed by atoms with E-state index < -0.39 is 12.0 Å². The molecule has 94 valence electrons. The van der Waals surface area contributed by atoms with Crippen molar-refractivity contribution in [2.75, 3.05) is 0 Å². The van der Waals surface area contributed by atoms with E-state index >= 15 is 0 Å². The third-order valence-electron chi connectivity index (χ3n) is 2.98. The van der Waals surface area contributed by atoms with Gasteiger partial charge in [-0.1, -0.05) is 30.3 Å². The molecule has 1 aromatic carbocycles. The van der Waals surface area contributed by atoms with Crippen LogP contribution in [-0.2, 0) is 4.79 Å². The van der Waals surface area contributed by atoms with E-state index in [1.165, 1.54) is 10.9 Å². The van der Waals surface area contributed by atoms with E-state index in [4.69, 9.17) is 5.11 Å². The predicted octanol–water partition coefficient (Wildman–Crippen LogP) is 1.74. The maximum absolute atomic E-state index is 11.7. The topological polar surface area (TPSA) is 69.2 Å². The summed E-state index contributed by atoms with van der Waals surface area (Å²) in [4.78, 5) is 11.1. The standard InChI is InChI=1S/C13H14N2O3/c1-9-12(11-6-4-3-5-7-11)14(8-15(9)18)10(2)13(16)17/h3-8,10H,1-2H3,(H,16,17). The lowest BCUT2D eigenvalue weighted by atomic mass is 10.1. The fourth-order valence-electron chi connectivity index (χ4n) is 1.92. The molecule has 0 spiro atoms. The maximum atomic E-state index is 11.7. The number of aliphatic carboxylic acids is 1. The van der Waals surface area contributed by atoms with Crippen molar-refractivity contribution in [3.63, 3.8) is 0 Å². The summed E-state index contributed by atoms with van der Waals surface area (Å²) in [5, 5.41) is 20.7. The fourth-order valence-corrected chi connectivity index (χ4v) is 1.92. The first-order valence-electron chi connectivity index (χ1n) is 5.61. The van der Waals surface area contributed by atoms with Crippen molar-refractivity contribution < 1.29 is 14.6 Å². The first-order valence-corrected chi connectivity index (χ1v) is 5.61. The monoisotopic (exact) mass is 246 g/mol. The number of rotatable bonds is 3. The van der Waals surface area contributed by atoms with E-state index in [9.17, 15) is 10.0 Å². The molecule has 2 aromatic rings. The zero-order valence-corrected chi connectivity index (χ0v) is 10.2. The van der Waals surface area contributed by atoms with Gasteiger partial charge in [0.15, 0.2) is 17.4 Å². The zero-order valence-electron chi connectivity index (χ0n) is 10.2. The molecule has 0 amide bonds. The third-order valence-corrected chi connectivity index (χ3v) is 2.98. The van der Waals surface area contributed by atoms with Gasteiger partial charge in [0.05, 0.1) is 0 Å². The number of benzene rings is 1. The summed E-state index contributed by atoms with van der Waals surface area (Å²) in [7, 11) is 0. The van der Waals surface area contributed by atoms with Gasteiger partial charge in [-0.15, -0.1) is 0 Å². The quantitative estimate of drug-likeness (QED) is 0.662. The van der Waals surface area contributed by atoms with Gasteiger partial charge in [0, 0.05) is 12.5 Å². The molecule has 2 rings (SSSR count). The minimum atomic E-state index is -0.970. The molecule has 0 aliphatic heterocycles. The number of nitrogens with zero attached hydrogens (tertiary/aromatic N) is 2. The van der Waals surface area contributed by atoms with Gasteiger partial charge in [-0.2, -0.15) is 0 Å². The van der Waals surface area contributed by atoms with Gasteiger partial charge >= 0.3 is 5.97 Å². The Balaban J connectivity index is 2.62. The van der Waals surface area contributed by atoms with Gasteiger partial charge < -0.3 is 10.3 Å². The molecule has 0 bridgehead atoms. The number of aromatic nitrogens is 2. The van der Waals surface area contributed by atoms with Crippen LogP contribution in [0.15, 0.2) is 36.7 Å². The van der Waals surface area contributed by atoms with Gasteiger partial charge in [0.2, 0.25) is 6.33 Å². The second-order valence-corrected chi connectivity index (χ2v) is 4.16. The van der Waals surface area contributed by atoms with Gasteiger partial charge in [0.25, 0.3) is 0 Å². The fraction of sp³-hybridized carbons (Fsp3) is 0.231. The highest BCUT2D eigenvalue weighted by molar-refractivity contribution is 5.73. The molecular formula is C13H14N2O3. The van der Waals surface area contributed by atoms with Gasteiger partial charge in [-0.3, -0.25) is 0 Å². The van der Waals surface area contributed by atoms with E-state index in [2.05, 4.69) is 0 Å². The van der Waals surface area contributed by atoms with Crippen molar-refractivity contribution >= 4 is 5.97 Å². The Bertz CT molecular complexity index is 575. The Morgan fingerprint density at radius 3 is 2.56 bits per heavy atom. The van der Waals surface area contributed by atoms with Crippen LogP contribution < -0.4 is 4.73 Å². The number of carboxylic acids is 1. The molecule has 1 N–H and O–H groups in total. The summed E-state index contributed by atoms with van der Waals surface area (Å²) in [6.07, 6.45) is 1.27. The molecule has 0 aliphatic carbocycles. The number of carboxylic acid groups (broad SMARTS) is 1. The largest absolute Gasteiger partial charge is 0.711 e. The van der Waals surface area contributed by atoms with Gasteiger partial charge in [0.1, 0.15) is 0 Å². The minimum Gasteiger partial charge on any atom is -0.711 e. The van der Waals surface area contributed by atoms with E-state index in [1.54, 1.807) is 13.8 Å². The van der Waals surface area contributed by atoms with Crippen LogP contribution in [0.2, 0.25) is 0 Å². The normalized spacial score (nSPS) is 12.3. The lowest BCUT2D eigenvalue weighted by Gasteiger charge is -2.06. The third kappa shape index (κ3) is 1.95. The SMILES string of the molecule is Cc1c(-c2ccccc2)n(C(C)C(=O)O)c[n+]1[O-]. The molecule has 0 fully saturated rings. The Morgan fingerprint density at radius 1 is 1.39 bits per heavy atom. The zero-order chi connectivity index (χ0) is 13.3. The Morgan fingerprint density at radius 2 is 2.00 bits per heavy atom. The van der Waals surface area contributed by atoms with Crippen LogP contribution in [0.25, 0.3) is 11.3 Å². The lowest BCUT2D eigenvalue weighted by Crippen LogP contribution is -2.26. The van der Waals surface area contributed by atoms with E-state index in [0.29, 0.717) is 16.1 Å². The molecule has 5 nitrogen and oxygen atoms in total. The predicted molar refractivity (Wildman–Crippen MR) is 65.9 cm³/mol. The first kappa shape index (κ1) is 12.2. The van der Waals surface area contributed by atoms with Crippen LogP contribution in [0, 0.1) is 12.1 Å². The summed E-state index contributed by atoms with van der Waals surface area (Å²) in [6, 6.07) is 8.51. The van der Waals surface area contributed by atoms with Crippen molar-refractivity contribution in [3.8, 4) is 11.3 Å². The highest BCUT2D eigenvalue weighted by Crippen LogP contribution is 2.24. The maximum Gasteiger partial charge on any atom is 0.349 e. The number of hydrogen-bond acceptors (Lipinski definition) is 2. The molecular weight excluding hydrogens is 232 g/mol. The Labute approximate surface area is 105 Å². The molecule has 18 heavy (non-hydrogen) atoms. The van der Waals surface area contributed by atoms with Crippen LogP contribution in [0.5, 0.6) is 0 Å². The first-order chi connectivity index (χ1) is 8.52. The van der Waals surface area contributed by atoms with E-state index in [-0.39, 0.29) is 0 Å². The number of hydrogen-bond donors (Lipinski definition) is 1. The van der Waals surface area contributed by atoms with E-state index in [0.717, 1.165) is 5.56 Å². The molecule has 1 aromatic heterocycles. The number of imidazole rings is 1. The molecule has 0 radical (unpaired) electrons. The second kappa shape index (κ2) is 4.52. The summed E-state index contributed by atoms with van der Waals surface area (Å²) >= 11 is 0. The molecule has 0 saturated carbocycles. The smallest absolute Gasteiger partial charge is 0.349 e. The summed E-state index contributed by atoms with van der Waals surface area (Å²) < 4.78 is 2.18. The Hall–Kier alpha value is -2.30. The van der Waals surface area contributed by atoms with Crippen molar-refractivity contribution in [2.45, 2.75) is 19.9 Å². The molecule has 0 aliphatic rings. The van der Waals surface area contributed by atoms with Gasteiger partial charge in [-0.25, -0.2) is 14.1 Å². The van der Waals surface area contributed by atoms with Crippen LogP contribution in [0.1, 0.15) is 18.7 Å². The Kier molecular flexibility index (Phi) is 3.06. The van der Waals surface area contributed by atoms with Crippen LogP contribution in [0.3, 0.4) is 0 Å². The molecule has 1 atom stereocenters. The van der Waals surface area contributed by atoms with E-state index in [1.807, 2.05) is 30.3 Å². The minimum absolute atomic E-state index is 0.495. The van der Waals surface area contributed by atoms with Crippen molar-refractivity contribution in [1.29, 1.82) is 0 Å². The summed E-state index contributed by atoms with van der Waals surface area (Å²) in [5.74, 6) is -0.970. The van der Waals surface area contributed by atoms with Crippen molar-refractivity contribution in [2.24, 2.45) is 0 Å². The van der Waals surface area contributed by atoms with Crippen molar-refractivity contribution in [3.05, 3.63) is 47.6 Å². The van der Waals surface area contributed by atoms with Gasteiger partial charge in [-0.05, 0) is 6.92 Å². The number of carbonyl (C=O) groups is 1. The van der Waals surface area contributed by atoms with Crippen molar-refractivity contribution in [1.82, 2.24) is 4.57 Å². The summed E-state index contributed by atoms with van der Waals surface area (Å²) in [5.41, 5.74) is 1.97. The second-order valence-electron chi connectivity index (χ2n) is 4.16. The van der Waals surface area contributed by atoms with Crippen LogP contribution in [0.4, 0.5) is 0 Å². The molecule has 1 heterocycles. The van der Waals surface area contributed by atoms with Crippen LogP contribution >= 0.6 is 0 Å². The summed E-state index contributed by atoms with van der Waals surface area (Å²) in [6.45, 7) is 3.23. The van der Waals surface area contributed by atoms with Crippen LogP contribution in [-0.4, -0.2) is 15.6 Å². The molecule has 1 unspecified atom stereocenters. The average molecular weight is 246 g/mol. The lowest BCUT2D eigenvalue weighted by molar-refractivity contribution is -0.611. The molecule has 0 saturated heterocycles. The molecule has 5 heteroatoms. The average Bonchev–Trinajstić information content (AvgIpc) is 2.66. The highest BCUT2D eigenvalue weighted by Gasteiger charge is 2.26.